The largest absolute Gasteiger partial charge is 0.480 e. The number of rotatable bonds is 51. The van der Waals surface area contributed by atoms with Crippen molar-refractivity contribution < 1.29 is 126 Å². The molecule has 0 aromatic carbocycles. The summed E-state index contributed by atoms with van der Waals surface area (Å²) >= 11 is 3.74. The van der Waals surface area contributed by atoms with Gasteiger partial charge in [-0.2, -0.15) is 23.5 Å². The Morgan fingerprint density at radius 2 is 0.633 bits per heavy atom. The van der Waals surface area contributed by atoms with Gasteiger partial charge in [0.05, 0.1) is 130 Å². The highest BCUT2D eigenvalue weighted by Crippen LogP contribution is 2.34. The van der Waals surface area contributed by atoms with Crippen molar-refractivity contribution >= 4 is 107 Å². The van der Waals surface area contributed by atoms with Crippen molar-refractivity contribution in [1.82, 2.24) is 81.5 Å². The molecule has 0 bridgehead atoms. The topological polar surface area (TPSA) is 555 Å². The van der Waals surface area contributed by atoms with Crippen LogP contribution in [0.3, 0.4) is 0 Å². The molecule has 7 saturated heterocycles. The van der Waals surface area contributed by atoms with Crippen LogP contribution in [-0.2, 0) is 86.1 Å². The number of hydrogen-bond donors (Lipinski definition) is 14. The van der Waals surface area contributed by atoms with Crippen LogP contribution in [0.15, 0.2) is 0 Å². The standard InChI is InChI=1S/C27H46N8O9S.C20H31N5O10.C11H20N4O2S.C10H22O3.C8H18O2.C7H16/c36-21(4-2-1-3-20-26-19(17-45-20)30-27(44)31-26)28-18-29-22(37)13-32-5-7-33(14-23(38)39)9-11-35(16-25(42)43)12-10-34(8-6-32)15-24(40)41;26-15-1-2-16(27)25(15)35-20(34)14-24-9-7-22(12-18(30)31)5-3-21(11-17(28)29)4-6-23(8-10-24)13-19(32)33;12-6-13-9(16)4-2-1-3-8-10-7(5-18-8)14-11(17)15-10;1-3-5-11-7-9-13-10-8-12-6-4-2;1-3-5-9-7-8-10-6-4-2;1-3-5-7-6-4-2/h19-20,26H,1-18H2,(H,28,36)(H,29,37)(H,38,39)(H,40,41)(H,42,43)(H2,30,31,44);1-14H2,(H,28,29)(H,30,31)(H,32,33);7-8,10H,1-6,12H2,(H,13,16)(H2,14,15,17);3-10H2,1-2H3;3-8H2,1-2H3;3-7H2,1-2H3/t19-,20-,26-;;7-,8-,10-;;;/m0.0.../s1. The van der Waals surface area contributed by atoms with E-state index in [-0.39, 0.29) is 198 Å². The van der Waals surface area contributed by atoms with Crippen LogP contribution >= 0.6 is 23.5 Å². The molecule has 7 fully saturated rings. The Balaban J connectivity index is 0.000000583. The smallest absolute Gasteiger partial charge is 0.347 e. The third-order valence-corrected chi connectivity index (χ3v) is 23.7. The minimum Gasteiger partial charge on any atom is -0.480 e. The van der Waals surface area contributed by atoms with Crippen molar-refractivity contribution in [2.45, 2.75) is 198 Å². The Bertz CT molecular complexity index is 3090. The number of ether oxygens (including phenoxy) is 5. The number of aliphatic carboxylic acids is 6. The fraction of sp³-hybridized carbons (Fsp3) is 0.831. The van der Waals surface area contributed by atoms with Gasteiger partial charge in [0, 0.05) is 179 Å². The summed E-state index contributed by atoms with van der Waals surface area (Å²) in [4.78, 5) is 181. The Kier molecular flexibility index (Phi) is 66.6. The van der Waals surface area contributed by atoms with E-state index in [0.717, 1.165) is 109 Å². The molecule has 738 valence electrons. The number of nitrogens with zero attached hydrogens (tertiary/aromatic N) is 9. The first-order valence-electron chi connectivity index (χ1n) is 45.4. The molecule has 9 amide bonds. The highest BCUT2D eigenvalue weighted by atomic mass is 32.2. The Morgan fingerprint density at radius 1 is 0.352 bits per heavy atom. The van der Waals surface area contributed by atoms with E-state index in [0.29, 0.717) is 101 Å². The van der Waals surface area contributed by atoms with E-state index in [1.165, 1.54) is 32.1 Å². The van der Waals surface area contributed by atoms with E-state index in [1.54, 1.807) is 34.3 Å². The molecule has 15 N–H and O–H groups in total. The third-order valence-electron chi connectivity index (χ3n) is 20.7. The number of nitrogens with two attached hydrogens (primary N) is 1. The summed E-state index contributed by atoms with van der Waals surface area (Å²) in [5.41, 5.74) is 5.22. The number of carboxylic acids is 6. The summed E-state index contributed by atoms with van der Waals surface area (Å²) in [6, 6.07) is 0.694. The number of carboxylic acid groups (broad SMARTS) is 6. The predicted octanol–water partition coefficient (Wildman–Crippen LogP) is 0.864. The molecule has 7 heterocycles. The zero-order valence-corrected chi connectivity index (χ0v) is 78.2. The average Bonchev–Trinajstić information content (AvgIpc) is 1.67. The first kappa shape index (κ1) is 117. The van der Waals surface area contributed by atoms with Gasteiger partial charge in [-0.3, -0.25) is 91.9 Å². The van der Waals surface area contributed by atoms with Gasteiger partial charge in [-0.15, -0.1) is 5.06 Å². The van der Waals surface area contributed by atoms with Gasteiger partial charge in [0.2, 0.25) is 17.7 Å². The lowest BCUT2D eigenvalue weighted by atomic mass is 10.0. The van der Waals surface area contributed by atoms with Gasteiger partial charge in [0.15, 0.2) is 0 Å². The molecule has 128 heavy (non-hydrogen) atoms. The first-order chi connectivity index (χ1) is 61.5. The van der Waals surface area contributed by atoms with Crippen molar-refractivity contribution in [2.75, 3.05) is 248 Å². The molecule has 0 aromatic rings. The van der Waals surface area contributed by atoms with Gasteiger partial charge in [-0.1, -0.05) is 86.5 Å². The molecular weight excluding hydrogens is 1720 g/mol. The van der Waals surface area contributed by atoms with Crippen molar-refractivity contribution in [2.24, 2.45) is 5.73 Å². The van der Waals surface area contributed by atoms with Crippen LogP contribution in [0.4, 0.5) is 9.59 Å². The van der Waals surface area contributed by atoms with Crippen LogP contribution in [0, 0.1) is 0 Å². The minimum absolute atomic E-state index is 0.0188. The molecule has 0 aromatic heterocycles. The van der Waals surface area contributed by atoms with E-state index < -0.39 is 53.6 Å². The molecule has 43 nitrogen and oxygen atoms in total. The Morgan fingerprint density at radius 3 is 0.922 bits per heavy atom. The van der Waals surface area contributed by atoms with Crippen LogP contribution < -0.4 is 43.0 Å². The van der Waals surface area contributed by atoms with E-state index in [9.17, 15) is 97.8 Å². The van der Waals surface area contributed by atoms with Crippen molar-refractivity contribution in [3.05, 3.63) is 0 Å². The number of thioether (sulfide) groups is 2. The Labute approximate surface area is 763 Å². The molecule has 0 unspecified atom stereocenters. The fourth-order valence-corrected chi connectivity index (χ4v) is 17.1. The summed E-state index contributed by atoms with van der Waals surface area (Å²) in [6.07, 6.45) is 17.5. The van der Waals surface area contributed by atoms with Crippen LogP contribution in [-0.4, -0.2) is 441 Å². The maximum Gasteiger partial charge on any atom is 0.347 e. The normalized spacial score (nSPS) is 20.5. The van der Waals surface area contributed by atoms with Crippen LogP contribution in [0.25, 0.3) is 0 Å². The van der Waals surface area contributed by atoms with Crippen LogP contribution in [0.5, 0.6) is 0 Å². The number of hydroxylamine groups is 2. The van der Waals surface area contributed by atoms with Gasteiger partial charge in [0.1, 0.15) is 0 Å². The monoisotopic (exact) mass is 1870 g/mol. The zero-order valence-electron chi connectivity index (χ0n) is 76.5. The molecule has 0 saturated carbocycles. The number of amides is 9. The SMILES string of the molecule is CCCCCCC.CCCOCCOCCC.CCCOCCOCCOCCC.NCNC(=O)CCCC[C@@H]1SC[C@@H]2NC(=O)N[C@@H]21.O=C(O)CN1CCN(CC(=O)O)CCN(CC(=O)NCNC(=O)CCCC[C@@H]2SC[C@@H]3NC(=O)N[C@@H]32)CCN(CC(=O)O)CC1.O=C(O)CN1CCN(CC(=O)O)CCN(CC(=O)ON2C(=O)CCC2=O)CCN(CC(=O)O)CC1. The van der Waals surface area contributed by atoms with Gasteiger partial charge >= 0.3 is 53.8 Å². The van der Waals surface area contributed by atoms with Crippen molar-refractivity contribution in [3.8, 4) is 0 Å². The number of nitrogens with one attached hydrogen (secondary N) is 7. The second-order valence-electron chi connectivity index (χ2n) is 31.7. The highest BCUT2D eigenvalue weighted by Gasteiger charge is 2.44. The average molecular weight is 1870 g/mol. The maximum atomic E-state index is 12.7. The quantitative estimate of drug-likeness (QED) is 0.0174. The van der Waals surface area contributed by atoms with Crippen molar-refractivity contribution in [3.63, 3.8) is 0 Å². The molecule has 6 atom stereocenters. The van der Waals surface area contributed by atoms with Crippen molar-refractivity contribution in [1.29, 1.82) is 0 Å². The van der Waals surface area contributed by atoms with Crippen LogP contribution in [0.2, 0.25) is 0 Å². The summed E-state index contributed by atoms with van der Waals surface area (Å²) in [5.74, 6) is -6.94. The molecule has 45 heteroatoms. The minimum atomic E-state index is -1.06. The fourth-order valence-electron chi connectivity index (χ4n) is 14.0. The lowest BCUT2D eigenvalue weighted by Crippen LogP contribution is -2.50. The molecule has 0 spiro atoms. The third kappa shape index (κ3) is 58.3. The number of unbranched alkanes of at least 4 members (excludes halogenated alkanes) is 6. The maximum absolute atomic E-state index is 12.7. The lowest BCUT2D eigenvalue weighted by Gasteiger charge is -2.32. The molecule has 0 aliphatic carbocycles. The summed E-state index contributed by atoms with van der Waals surface area (Å²) in [7, 11) is 0. The number of carbonyl (C=O) groups is 14. The van der Waals surface area contributed by atoms with Gasteiger partial charge < -0.3 is 102 Å². The molecule has 7 rings (SSSR count). The first-order valence-corrected chi connectivity index (χ1v) is 47.5. The number of imide groups is 1. The number of hydrogen-bond acceptors (Lipinski definition) is 31. The van der Waals surface area contributed by atoms with Gasteiger partial charge in [0.25, 0.3) is 11.8 Å². The van der Waals surface area contributed by atoms with Crippen LogP contribution in [0.1, 0.15) is 164 Å². The second-order valence-corrected chi connectivity index (χ2v) is 34.2. The van der Waals surface area contributed by atoms with E-state index in [4.69, 9.17) is 34.3 Å². The summed E-state index contributed by atoms with van der Waals surface area (Å²) in [5, 5.41) is 76.6. The Hall–Kier alpha value is -7.48. The summed E-state index contributed by atoms with van der Waals surface area (Å²) in [6.45, 7) is 23.0. The van der Waals surface area contributed by atoms with E-state index in [1.807, 2.05) is 28.4 Å². The molecule has 7 aliphatic rings. The molecule has 0 radical (unpaired) electrons. The number of fused-ring (bicyclic) bond motifs is 2. The zero-order chi connectivity index (χ0) is 94.7. The predicted molar refractivity (Wildman–Crippen MR) is 480 cm³/mol. The number of carbonyl (C=O) groups excluding carboxylic acids is 8. The second kappa shape index (κ2) is 73.1. The number of urea groups is 2. The van der Waals surface area contributed by atoms with Gasteiger partial charge in [-0.25, -0.2) is 14.4 Å². The molecule has 7 aliphatic heterocycles. The molecular formula is C83H153N17O26S2. The van der Waals surface area contributed by atoms with E-state index >= 15 is 0 Å². The van der Waals surface area contributed by atoms with E-state index in [2.05, 4.69) is 78.8 Å². The van der Waals surface area contributed by atoms with Gasteiger partial charge in [-0.05, 0) is 51.4 Å². The summed E-state index contributed by atoms with van der Waals surface area (Å²) < 4.78 is 26.2. The highest BCUT2D eigenvalue weighted by molar-refractivity contribution is 8.00. The lowest BCUT2D eigenvalue weighted by molar-refractivity contribution is -0.198.